The van der Waals surface area contributed by atoms with Crippen LogP contribution in [0.3, 0.4) is 0 Å². The quantitative estimate of drug-likeness (QED) is 0.761. The van der Waals surface area contributed by atoms with E-state index in [1.807, 2.05) is 24.6 Å². The van der Waals surface area contributed by atoms with E-state index in [2.05, 4.69) is 24.3 Å². The Morgan fingerprint density at radius 3 is 2.42 bits per heavy atom. The highest BCUT2D eigenvalue weighted by molar-refractivity contribution is 5.81. The molecule has 1 aromatic heterocycles. The molecule has 0 unspecified atom stereocenters. The Bertz CT molecular complexity index is 766. The Balaban J connectivity index is 2.02. The molecule has 0 fully saturated rings. The predicted molar refractivity (Wildman–Crippen MR) is 100 cm³/mol. The van der Waals surface area contributed by atoms with Crippen molar-refractivity contribution in [3.63, 3.8) is 0 Å². The number of hydrogen-bond acceptors (Lipinski definition) is 3. The molecule has 2 N–H and O–H groups in total. The van der Waals surface area contributed by atoms with E-state index < -0.39 is 11.9 Å². The summed E-state index contributed by atoms with van der Waals surface area (Å²) in [6.07, 6.45) is 0.205. The second kappa shape index (κ2) is 8.65. The summed E-state index contributed by atoms with van der Waals surface area (Å²) in [6, 6.07) is 8.94. The van der Waals surface area contributed by atoms with Gasteiger partial charge < -0.3 is 10.4 Å². The fraction of sp³-hybridized carbons (Fsp3) is 0.450. The number of carboxylic acids is 1. The lowest BCUT2D eigenvalue weighted by molar-refractivity contribution is -0.138. The minimum Gasteiger partial charge on any atom is -0.481 e. The lowest BCUT2D eigenvalue weighted by Gasteiger charge is -2.14. The first-order valence-electron chi connectivity index (χ1n) is 8.87. The highest BCUT2D eigenvalue weighted by atomic mass is 16.4. The molecule has 2 rings (SSSR count). The third-order valence-electron chi connectivity index (χ3n) is 4.41. The first-order valence-corrected chi connectivity index (χ1v) is 8.87. The molecular weight excluding hydrogens is 330 g/mol. The fourth-order valence-electron chi connectivity index (χ4n) is 2.99. The van der Waals surface area contributed by atoms with Gasteiger partial charge >= 0.3 is 5.97 Å². The van der Waals surface area contributed by atoms with Crippen LogP contribution in [-0.2, 0) is 22.6 Å². The van der Waals surface area contributed by atoms with E-state index in [0.717, 1.165) is 23.5 Å². The summed E-state index contributed by atoms with van der Waals surface area (Å²) in [5.41, 5.74) is 3.42. The second-order valence-electron chi connectivity index (χ2n) is 7.01. The summed E-state index contributed by atoms with van der Waals surface area (Å²) in [5.74, 6) is -1.43. The third-order valence-corrected chi connectivity index (χ3v) is 4.41. The zero-order valence-corrected chi connectivity index (χ0v) is 15.8. The summed E-state index contributed by atoms with van der Waals surface area (Å²) in [6.45, 7) is 8.99. The maximum absolute atomic E-state index is 12.4. The van der Waals surface area contributed by atoms with Crippen molar-refractivity contribution in [3.05, 3.63) is 52.8 Å². The van der Waals surface area contributed by atoms with Crippen LogP contribution in [0.15, 0.2) is 30.3 Å². The summed E-state index contributed by atoms with van der Waals surface area (Å²) in [5, 5.41) is 16.7. The average Bonchev–Trinajstić information content (AvgIpc) is 2.82. The Morgan fingerprint density at radius 1 is 1.19 bits per heavy atom. The van der Waals surface area contributed by atoms with Crippen LogP contribution >= 0.6 is 0 Å². The largest absolute Gasteiger partial charge is 0.481 e. The molecule has 1 heterocycles. The molecule has 0 aliphatic rings. The molecule has 1 aromatic carbocycles. The lowest BCUT2D eigenvalue weighted by Crippen LogP contribution is -2.32. The van der Waals surface area contributed by atoms with Crippen molar-refractivity contribution in [3.8, 4) is 0 Å². The van der Waals surface area contributed by atoms with E-state index in [1.165, 1.54) is 0 Å². The molecular formula is C20H27N3O3. The monoisotopic (exact) mass is 357 g/mol. The zero-order valence-electron chi connectivity index (χ0n) is 15.8. The molecule has 2 aromatic rings. The predicted octanol–water partition coefficient (Wildman–Crippen LogP) is 2.68. The van der Waals surface area contributed by atoms with Gasteiger partial charge in [-0.25, -0.2) is 0 Å². The van der Waals surface area contributed by atoms with Crippen LogP contribution in [-0.4, -0.2) is 33.3 Å². The first kappa shape index (κ1) is 19.7. The van der Waals surface area contributed by atoms with Crippen LogP contribution in [0.2, 0.25) is 0 Å². The van der Waals surface area contributed by atoms with Crippen molar-refractivity contribution < 1.29 is 14.7 Å². The van der Waals surface area contributed by atoms with Gasteiger partial charge in [-0.15, -0.1) is 0 Å². The minimum absolute atomic E-state index is 0.0659. The van der Waals surface area contributed by atoms with Gasteiger partial charge in [-0.3, -0.25) is 14.3 Å². The minimum atomic E-state index is -0.950. The van der Waals surface area contributed by atoms with Crippen molar-refractivity contribution in [2.24, 2.45) is 5.92 Å². The number of hydrogen-bond donors (Lipinski definition) is 2. The number of benzene rings is 1. The Hall–Kier alpha value is -2.63. The number of carboxylic acid groups (broad SMARTS) is 1. The Labute approximate surface area is 154 Å². The second-order valence-corrected chi connectivity index (χ2v) is 7.01. The van der Waals surface area contributed by atoms with Gasteiger partial charge in [-0.1, -0.05) is 44.2 Å². The number of aliphatic carboxylic acids is 1. The van der Waals surface area contributed by atoms with Crippen molar-refractivity contribution >= 4 is 11.9 Å². The third kappa shape index (κ3) is 4.94. The number of carbonyl (C=O) groups excluding carboxylic acids is 1. The van der Waals surface area contributed by atoms with Crippen molar-refractivity contribution in [2.75, 3.05) is 6.54 Å². The molecule has 6 heteroatoms. The topological polar surface area (TPSA) is 84.2 Å². The van der Waals surface area contributed by atoms with E-state index in [1.54, 1.807) is 24.3 Å². The smallest absolute Gasteiger partial charge is 0.312 e. The number of carbonyl (C=O) groups is 2. The van der Waals surface area contributed by atoms with E-state index in [0.29, 0.717) is 11.5 Å². The fourth-order valence-corrected chi connectivity index (χ4v) is 2.99. The number of amides is 1. The summed E-state index contributed by atoms with van der Waals surface area (Å²) in [4.78, 5) is 23.9. The summed E-state index contributed by atoms with van der Waals surface area (Å²) < 4.78 is 1.94. The van der Waals surface area contributed by atoms with Gasteiger partial charge in [0.1, 0.15) is 0 Å². The molecule has 1 atom stereocenters. The molecule has 0 bridgehead atoms. The van der Waals surface area contributed by atoms with Crippen molar-refractivity contribution in [2.45, 2.75) is 46.6 Å². The van der Waals surface area contributed by atoms with Crippen LogP contribution < -0.4 is 5.32 Å². The number of aryl methyl sites for hydroxylation is 1. The standard InChI is InChI=1S/C20H27N3O3/c1-13(2)12-23-15(4)17(14(3)22-23)10-19(24)21-11-18(20(25)26)16-8-6-5-7-9-16/h5-9,13,18H,10-12H2,1-4H3,(H,21,24)(H,25,26)/t18-/m1/s1. The van der Waals surface area contributed by atoms with Crippen LogP contribution in [0.5, 0.6) is 0 Å². The number of nitrogens with one attached hydrogen (secondary N) is 1. The molecule has 1 amide bonds. The lowest BCUT2D eigenvalue weighted by atomic mass is 9.99. The van der Waals surface area contributed by atoms with Crippen LogP contribution in [0.25, 0.3) is 0 Å². The van der Waals surface area contributed by atoms with Crippen molar-refractivity contribution in [1.29, 1.82) is 0 Å². The molecule has 0 spiro atoms. The molecule has 0 aliphatic carbocycles. The van der Waals surface area contributed by atoms with Crippen LogP contribution in [0, 0.1) is 19.8 Å². The Morgan fingerprint density at radius 2 is 1.85 bits per heavy atom. The number of rotatable bonds is 8. The van der Waals surface area contributed by atoms with Crippen LogP contribution in [0.1, 0.15) is 42.3 Å². The van der Waals surface area contributed by atoms with Crippen molar-refractivity contribution in [1.82, 2.24) is 15.1 Å². The molecule has 0 saturated heterocycles. The van der Waals surface area contributed by atoms with Gasteiger partial charge in [0, 0.05) is 24.3 Å². The van der Waals surface area contributed by atoms with E-state index >= 15 is 0 Å². The normalized spacial score (nSPS) is 12.2. The summed E-state index contributed by atoms with van der Waals surface area (Å²) >= 11 is 0. The highest BCUT2D eigenvalue weighted by Gasteiger charge is 2.21. The van der Waals surface area contributed by atoms with Crippen LogP contribution in [0.4, 0.5) is 0 Å². The van der Waals surface area contributed by atoms with Gasteiger partial charge in [0.2, 0.25) is 5.91 Å². The Kier molecular flexibility index (Phi) is 6.55. The molecule has 6 nitrogen and oxygen atoms in total. The molecule has 0 aliphatic heterocycles. The maximum Gasteiger partial charge on any atom is 0.312 e. The van der Waals surface area contributed by atoms with Gasteiger partial charge in [0.25, 0.3) is 0 Å². The first-order chi connectivity index (χ1) is 12.3. The molecule has 26 heavy (non-hydrogen) atoms. The molecule has 140 valence electrons. The van der Waals surface area contributed by atoms with E-state index in [4.69, 9.17) is 0 Å². The number of nitrogens with zero attached hydrogens (tertiary/aromatic N) is 2. The highest BCUT2D eigenvalue weighted by Crippen LogP contribution is 2.17. The average molecular weight is 357 g/mol. The van der Waals surface area contributed by atoms with Gasteiger partial charge in [0.05, 0.1) is 18.0 Å². The van der Waals surface area contributed by atoms with Gasteiger partial charge in [-0.05, 0) is 25.3 Å². The van der Waals surface area contributed by atoms with E-state index in [9.17, 15) is 14.7 Å². The van der Waals surface area contributed by atoms with Gasteiger partial charge in [-0.2, -0.15) is 5.10 Å². The molecule has 0 saturated carbocycles. The van der Waals surface area contributed by atoms with E-state index in [-0.39, 0.29) is 18.9 Å². The molecule has 0 radical (unpaired) electrons. The summed E-state index contributed by atoms with van der Waals surface area (Å²) in [7, 11) is 0. The maximum atomic E-state index is 12.4. The number of aromatic nitrogens is 2. The zero-order chi connectivity index (χ0) is 19.3. The SMILES string of the molecule is Cc1nn(CC(C)C)c(C)c1CC(=O)NC[C@@H](C(=O)O)c1ccccc1. The van der Waals surface area contributed by atoms with Gasteiger partial charge in [0.15, 0.2) is 0 Å².